The molecule has 1 aromatic carbocycles. The molecule has 0 bridgehead atoms. The molecule has 22 heavy (non-hydrogen) atoms. The van der Waals surface area contributed by atoms with Gasteiger partial charge >= 0.3 is 0 Å². The fourth-order valence-electron chi connectivity index (χ4n) is 2.56. The third kappa shape index (κ3) is 2.14. The second-order valence-corrected chi connectivity index (χ2v) is 5.72. The second kappa shape index (κ2) is 4.66. The molecule has 1 aliphatic rings. The molecule has 0 spiro atoms. The number of hydrogen-bond donors (Lipinski definition) is 1. The van der Waals surface area contributed by atoms with E-state index >= 15 is 0 Å². The standard InChI is InChI=1S/C15H16N6O/c1-20-13-6-5-10(7-12(13)17-19-20)15(22)16-14-8-11(9-3-4-9)18-21(14)2/h5-9H,3-4H2,1-2H3,(H,16,22). The Morgan fingerprint density at radius 2 is 2.05 bits per heavy atom. The zero-order valence-corrected chi connectivity index (χ0v) is 12.4. The van der Waals surface area contributed by atoms with Gasteiger partial charge in [-0.3, -0.25) is 9.48 Å². The predicted molar refractivity (Wildman–Crippen MR) is 81.6 cm³/mol. The van der Waals surface area contributed by atoms with Crippen molar-refractivity contribution in [3.8, 4) is 0 Å². The molecule has 7 nitrogen and oxygen atoms in total. The van der Waals surface area contributed by atoms with Gasteiger partial charge < -0.3 is 5.32 Å². The summed E-state index contributed by atoms with van der Waals surface area (Å²) in [6, 6.07) is 7.33. The maximum atomic E-state index is 12.4. The van der Waals surface area contributed by atoms with E-state index in [0.29, 0.717) is 22.8 Å². The molecule has 2 aromatic heterocycles. The van der Waals surface area contributed by atoms with Crippen molar-refractivity contribution in [2.75, 3.05) is 5.32 Å². The van der Waals surface area contributed by atoms with Crippen LogP contribution in [-0.2, 0) is 14.1 Å². The van der Waals surface area contributed by atoms with Gasteiger partial charge in [-0.25, -0.2) is 4.68 Å². The Morgan fingerprint density at radius 1 is 1.23 bits per heavy atom. The molecule has 1 aliphatic carbocycles. The first kappa shape index (κ1) is 13.0. The van der Waals surface area contributed by atoms with Gasteiger partial charge in [-0.05, 0) is 31.0 Å². The highest BCUT2D eigenvalue weighted by Crippen LogP contribution is 2.39. The van der Waals surface area contributed by atoms with E-state index in [0.717, 1.165) is 11.2 Å². The van der Waals surface area contributed by atoms with Gasteiger partial charge in [0.2, 0.25) is 0 Å². The maximum absolute atomic E-state index is 12.4. The number of aryl methyl sites for hydroxylation is 2. The molecule has 0 aliphatic heterocycles. The summed E-state index contributed by atoms with van der Waals surface area (Å²) in [6.45, 7) is 0. The molecule has 1 saturated carbocycles. The molecular weight excluding hydrogens is 280 g/mol. The lowest BCUT2D eigenvalue weighted by Gasteiger charge is -2.05. The number of fused-ring (bicyclic) bond motifs is 1. The van der Waals surface area contributed by atoms with Gasteiger partial charge in [0.15, 0.2) is 0 Å². The normalized spacial score (nSPS) is 14.5. The summed E-state index contributed by atoms with van der Waals surface area (Å²) in [6.07, 6.45) is 2.38. The average molecular weight is 296 g/mol. The third-order valence-electron chi connectivity index (χ3n) is 4.01. The van der Waals surface area contributed by atoms with Crippen LogP contribution in [0.4, 0.5) is 5.82 Å². The van der Waals surface area contributed by atoms with Crippen LogP contribution < -0.4 is 5.32 Å². The van der Waals surface area contributed by atoms with E-state index in [1.165, 1.54) is 12.8 Å². The summed E-state index contributed by atoms with van der Waals surface area (Å²) in [4.78, 5) is 12.4. The van der Waals surface area contributed by atoms with Crippen molar-refractivity contribution in [1.29, 1.82) is 0 Å². The first-order chi connectivity index (χ1) is 10.6. The third-order valence-corrected chi connectivity index (χ3v) is 4.01. The lowest BCUT2D eigenvalue weighted by molar-refractivity contribution is 0.102. The molecule has 1 N–H and O–H groups in total. The van der Waals surface area contributed by atoms with E-state index in [2.05, 4.69) is 20.7 Å². The number of rotatable bonds is 3. The number of amides is 1. The first-order valence-corrected chi connectivity index (χ1v) is 7.26. The summed E-state index contributed by atoms with van der Waals surface area (Å²) in [5, 5.41) is 15.3. The highest BCUT2D eigenvalue weighted by molar-refractivity contribution is 6.05. The lowest BCUT2D eigenvalue weighted by atomic mass is 10.2. The molecule has 0 atom stereocenters. The van der Waals surface area contributed by atoms with Crippen LogP contribution in [0.25, 0.3) is 11.0 Å². The number of nitrogens with one attached hydrogen (secondary N) is 1. The summed E-state index contributed by atoms with van der Waals surface area (Å²) in [7, 11) is 3.66. The lowest BCUT2D eigenvalue weighted by Crippen LogP contribution is -2.14. The van der Waals surface area contributed by atoms with Crippen LogP contribution in [0.15, 0.2) is 24.3 Å². The number of nitrogens with zero attached hydrogens (tertiary/aromatic N) is 5. The van der Waals surface area contributed by atoms with Gasteiger partial charge in [-0.2, -0.15) is 5.10 Å². The minimum Gasteiger partial charge on any atom is -0.307 e. The van der Waals surface area contributed by atoms with E-state index in [1.54, 1.807) is 21.5 Å². The minimum atomic E-state index is -0.169. The van der Waals surface area contributed by atoms with Crippen LogP contribution >= 0.6 is 0 Å². The van der Waals surface area contributed by atoms with Gasteiger partial charge in [0.05, 0.1) is 11.2 Å². The van der Waals surface area contributed by atoms with Crippen LogP contribution in [0.5, 0.6) is 0 Å². The van der Waals surface area contributed by atoms with Crippen LogP contribution in [0.2, 0.25) is 0 Å². The Balaban J connectivity index is 1.60. The number of hydrogen-bond acceptors (Lipinski definition) is 4. The Labute approximate surface area is 126 Å². The van der Waals surface area contributed by atoms with Crippen molar-refractivity contribution in [3.05, 3.63) is 35.5 Å². The average Bonchev–Trinajstić information content (AvgIpc) is 3.21. The molecular formula is C15H16N6O. The largest absolute Gasteiger partial charge is 0.307 e. The van der Waals surface area contributed by atoms with Gasteiger partial charge in [-0.15, -0.1) is 5.10 Å². The molecule has 112 valence electrons. The quantitative estimate of drug-likeness (QED) is 0.800. The highest BCUT2D eigenvalue weighted by atomic mass is 16.1. The molecule has 1 amide bonds. The van der Waals surface area contributed by atoms with Gasteiger partial charge in [0, 0.05) is 31.6 Å². The zero-order valence-electron chi connectivity index (χ0n) is 12.4. The predicted octanol–water partition coefficient (Wildman–Crippen LogP) is 1.83. The Bertz CT molecular complexity index is 873. The Hall–Kier alpha value is -2.70. The van der Waals surface area contributed by atoms with Crippen molar-refractivity contribution >= 4 is 22.8 Å². The van der Waals surface area contributed by atoms with Crippen LogP contribution in [0.3, 0.4) is 0 Å². The van der Waals surface area contributed by atoms with Crippen molar-refractivity contribution < 1.29 is 4.79 Å². The highest BCUT2D eigenvalue weighted by Gasteiger charge is 2.27. The van der Waals surface area contributed by atoms with Crippen molar-refractivity contribution in [3.63, 3.8) is 0 Å². The first-order valence-electron chi connectivity index (χ1n) is 7.26. The molecule has 0 saturated heterocycles. The molecule has 7 heteroatoms. The van der Waals surface area contributed by atoms with Crippen LogP contribution in [0.1, 0.15) is 34.8 Å². The van der Waals surface area contributed by atoms with E-state index < -0.39 is 0 Å². The molecule has 2 heterocycles. The van der Waals surface area contributed by atoms with Crippen LogP contribution in [0, 0.1) is 0 Å². The number of carbonyl (C=O) groups is 1. The number of aromatic nitrogens is 5. The van der Waals surface area contributed by atoms with Gasteiger partial charge in [0.25, 0.3) is 5.91 Å². The van der Waals surface area contributed by atoms with Crippen LogP contribution in [-0.4, -0.2) is 30.7 Å². The van der Waals surface area contributed by atoms with E-state index in [-0.39, 0.29) is 5.91 Å². The van der Waals surface area contributed by atoms with Crippen molar-refractivity contribution in [1.82, 2.24) is 24.8 Å². The minimum absolute atomic E-state index is 0.169. The monoisotopic (exact) mass is 296 g/mol. The number of anilines is 1. The van der Waals surface area contributed by atoms with E-state index in [9.17, 15) is 4.79 Å². The second-order valence-electron chi connectivity index (χ2n) is 5.72. The fourth-order valence-corrected chi connectivity index (χ4v) is 2.56. The summed E-state index contributed by atoms with van der Waals surface area (Å²) >= 11 is 0. The van der Waals surface area contributed by atoms with Crippen molar-refractivity contribution in [2.45, 2.75) is 18.8 Å². The topological polar surface area (TPSA) is 77.6 Å². The fraction of sp³-hybridized carbons (Fsp3) is 0.333. The molecule has 1 fully saturated rings. The smallest absolute Gasteiger partial charge is 0.256 e. The Morgan fingerprint density at radius 3 is 2.82 bits per heavy atom. The maximum Gasteiger partial charge on any atom is 0.256 e. The molecule has 3 aromatic rings. The summed E-state index contributed by atoms with van der Waals surface area (Å²) in [5.41, 5.74) is 3.22. The zero-order chi connectivity index (χ0) is 15.3. The Kier molecular flexibility index (Phi) is 2.75. The molecule has 0 radical (unpaired) electrons. The SMILES string of the molecule is Cn1nc(C2CC2)cc1NC(=O)c1ccc2c(c1)nnn2C. The van der Waals surface area contributed by atoms with Crippen molar-refractivity contribution in [2.24, 2.45) is 14.1 Å². The number of carbonyl (C=O) groups excluding carboxylic acids is 1. The molecule has 0 unspecified atom stereocenters. The van der Waals surface area contributed by atoms with Gasteiger partial charge in [-0.1, -0.05) is 5.21 Å². The van der Waals surface area contributed by atoms with E-state index in [4.69, 9.17) is 0 Å². The number of benzene rings is 1. The van der Waals surface area contributed by atoms with E-state index in [1.807, 2.05) is 26.2 Å². The summed E-state index contributed by atoms with van der Waals surface area (Å²) in [5.74, 6) is 1.11. The molecule has 4 rings (SSSR count). The van der Waals surface area contributed by atoms with Gasteiger partial charge in [0.1, 0.15) is 11.3 Å². The summed E-state index contributed by atoms with van der Waals surface area (Å²) < 4.78 is 3.40.